The van der Waals surface area contributed by atoms with Gasteiger partial charge in [0.2, 0.25) is 5.95 Å². The molecular formula is C23H20F2N6OS. The number of nitrogens with one attached hydrogen (secondary N) is 1. The lowest BCUT2D eigenvalue weighted by atomic mass is 10.1. The Hall–Kier alpha value is -3.79. The molecule has 10 heteroatoms. The number of anilines is 3. The van der Waals surface area contributed by atoms with Crippen LogP contribution in [0, 0.1) is 11.6 Å². The maximum atomic E-state index is 13.4. The van der Waals surface area contributed by atoms with Crippen molar-refractivity contribution in [2.24, 2.45) is 0 Å². The highest BCUT2D eigenvalue weighted by molar-refractivity contribution is 7.17. The third kappa shape index (κ3) is 4.29. The van der Waals surface area contributed by atoms with Gasteiger partial charge in [-0.25, -0.2) is 18.6 Å². The molecule has 1 aliphatic heterocycles. The molecule has 0 spiro atoms. The van der Waals surface area contributed by atoms with Crippen molar-refractivity contribution < 1.29 is 13.6 Å². The number of halogens is 2. The SMILES string of the molecule is Nc1nc(N2CCN(C(=O)Nc3ccc(F)cc3)CC2)c2c(-c3ccc(F)cc3)csc2n1. The van der Waals surface area contributed by atoms with Crippen LogP contribution in [0.2, 0.25) is 0 Å². The van der Waals surface area contributed by atoms with Crippen LogP contribution in [0.5, 0.6) is 0 Å². The largest absolute Gasteiger partial charge is 0.368 e. The quantitative estimate of drug-likeness (QED) is 0.462. The van der Waals surface area contributed by atoms with Crippen molar-refractivity contribution in [3.63, 3.8) is 0 Å². The number of amides is 2. The van der Waals surface area contributed by atoms with Crippen LogP contribution in [0.25, 0.3) is 21.3 Å². The van der Waals surface area contributed by atoms with Crippen LogP contribution in [-0.2, 0) is 0 Å². The highest BCUT2D eigenvalue weighted by Crippen LogP contribution is 2.39. The summed E-state index contributed by atoms with van der Waals surface area (Å²) < 4.78 is 26.5. The molecule has 0 bridgehead atoms. The molecule has 0 atom stereocenters. The number of nitrogens with two attached hydrogens (primary N) is 1. The number of carbonyl (C=O) groups excluding carboxylic acids is 1. The molecule has 1 aliphatic rings. The van der Waals surface area contributed by atoms with Gasteiger partial charge in [-0.1, -0.05) is 12.1 Å². The van der Waals surface area contributed by atoms with Gasteiger partial charge in [0, 0.05) is 42.8 Å². The Morgan fingerprint density at radius 2 is 1.58 bits per heavy atom. The number of benzene rings is 2. The van der Waals surface area contributed by atoms with E-state index in [9.17, 15) is 13.6 Å². The third-order valence-corrected chi connectivity index (χ3v) is 6.42. The van der Waals surface area contributed by atoms with Crippen molar-refractivity contribution in [1.29, 1.82) is 0 Å². The summed E-state index contributed by atoms with van der Waals surface area (Å²) in [6.45, 7) is 2.07. The van der Waals surface area contributed by atoms with Crippen LogP contribution in [0.3, 0.4) is 0 Å². The van der Waals surface area contributed by atoms with Gasteiger partial charge >= 0.3 is 6.03 Å². The molecule has 1 fully saturated rings. The smallest absolute Gasteiger partial charge is 0.321 e. The molecule has 168 valence electrons. The first-order chi connectivity index (χ1) is 16.0. The van der Waals surface area contributed by atoms with E-state index >= 15 is 0 Å². The number of nitrogens with zero attached hydrogens (tertiary/aromatic N) is 4. The number of thiophene rings is 1. The molecule has 2 aromatic carbocycles. The molecular weight excluding hydrogens is 446 g/mol. The number of hydrogen-bond acceptors (Lipinski definition) is 6. The van der Waals surface area contributed by atoms with Crippen LogP contribution in [0.4, 0.5) is 31.0 Å². The van der Waals surface area contributed by atoms with E-state index < -0.39 is 0 Å². The molecule has 0 radical (unpaired) electrons. The van der Waals surface area contributed by atoms with Crippen molar-refractivity contribution in [1.82, 2.24) is 14.9 Å². The second kappa shape index (κ2) is 8.62. The highest BCUT2D eigenvalue weighted by atomic mass is 32.1. The summed E-state index contributed by atoms with van der Waals surface area (Å²) in [5.74, 6) is 0.234. The molecule has 33 heavy (non-hydrogen) atoms. The predicted octanol–water partition coefficient (Wildman–Crippen LogP) is 4.57. The van der Waals surface area contributed by atoms with Crippen molar-refractivity contribution in [2.75, 3.05) is 42.1 Å². The van der Waals surface area contributed by atoms with Gasteiger partial charge in [-0.2, -0.15) is 4.98 Å². The molecule has 0 unspecified atom stereocenters. The predicted molar refractivity (Wildman–Crippen MR) is 126 cm³/mol. The molecule has 3 heterocycles. The van der Waals surface area contributed by atoms with Crippen molar-refractivity contribution >= 4 is 45.0 Å². The lowest BCUT2D eigenvalue weighted by molar-refractivity contribution is 0.208. The average Bonchev–Trinajstić information content (AvgIpc) is 3.24. The van der Waals surface area contributed by atoms with Crippen molar-refractivity contribution in [2.45, 2.75) is 0 Å². The maximum Gasteiger partial charge on any atom is 0.321 e. The number of piperazine rings is 1. The fourth-order valence-electron chi connectivity index (χ4n) is 3.87. The fraction of sp³-hybridized carbons (Fsp3) is 0.174. The van der Waals surface area contributed by atoms with Gasteiger partial charge in [-0.15, -0.1) is 11.3 Å². The van der Waals surface area contributed by atoms with Crippen LogP contribution < -0.4 is 16.0 Å². The van der Waals surface area contributed by atoms with Gasteiger partial charge < -0.3 is 20.9 Å². The van der Waals surface area contributed by atoms with Gasteiger partial charge in [0.05, 0.1) is 5.39 Å². The van der Waals surface area contributed by atoms with Crippen LogP contribution >= 0.6 is 11.3 Å². The first-order valence-corrected chi connectivity index (χ1v) is 11.2. The molecule has 0 aliphatic carbocycles. The zero-order valence-corrected chi connectivity index (χ0v) is 18.3. The monoisotopic (exact) mass is 466 g/mol. The van der Waals surface area contributed by atoms with E-state index in [4.69, 9.17) is 5.73 Å². The first kappa shape index (κ1) is 21.1. The standard InChI is InChI=1S/C23H20F2N6OS/c24-15-3-1-14(2-4-15)18-13-33-21-19(18)20(28-22(26)29-21)30-9-11-31(12-10-30)23(32)27-17-7-5-16(25)6-8-17/h1-8,13H,9-12H2,(H,27,32)(H2,26,28,29). The van der Waals surface area contributed by atoms with Crippen molar-refractivity contribution in [3.8, 4) is 11.1 Å². The molecule has 7 nitrogen and oxygen atoms in total. The van der Waals surface area contributed by atoms with E-state index in [0.717, 1.165) is 21.3 Å². The van der Waals surface area contributed by atoms with Gasteiger partial charge in [-0.3, -0.25) is 0 Å². The lowest BCUT2D eigenvalue weighted by Crippen LogP contribution is -2.50. The Kier molecular flexibility index (Phi) is 5.51. The first-order valence-electron chi connectivity index (χ1n) is 10.3. The molecule has 2 aromatic heterocycles. The molecule has 0 saturated carbocycles. The lowest BCUT2D eigenvalue weighted by Gasteiger charge is -2.35. The Labute approximate surface area is 192 Å². The number of nitrogen functional groups attached to an aromatic ring is 1. The van der Waals surface area contributed by atoms with Crippen LogP contribution in [-0.4, -0.2) is 47.1 Å². The summed E-state index contributed by atoms with van der Waals surface area (Å²) in [6, 6.07) is 11.7. The highest BCUT2D eigenvalue weighted by Gasteiger charge is 2.25. The summed E-state index contributed by atoms with van der Waals surface area (Å²) in [5.41, 5.74) is 8.30. The number of urea groups is 1. The van der Waals surface area contributed by atoms with E-state index in [2.05, 4.69) is 20.2 Å². The van der Waals surface area contributed by atoms with E-state index in [0.29, 0.717) is 37.7 Å². The number of hydrogen-bond donors (Lipinski definition) is 2. The zero-order chi connectivity index (χ0) is 22.9. The average molecular weight is 467 g/mol. The Bertz CT molecular complexity index is 1300. The molecule has 1 saturated heterocycles. The summed E-state index contributed by atoms with van der Waals surface area (Å²) in [6.07, 6.45) is 0. The van der Waals surface area contributed by atoms with Gasteiger partial charge in [0.15, 0.2) is 0 Å². The van der Waals surface area contributed by atoms with E-state index in [-0.39, 0.29) is 23.6 Å². The minimum atomic E-state index is -0.356. The van der Waals surface area contributed by atoms with E-state index in [1.165, 1.54) is 47.7 Å². The summed E-state index contributed by atoms with van der Waals surface area (Å²) in [5, 5.41) is 5.63. The zero-order valence-electron chi connectivity index (χ0n) is 17.5. The van der Waals surface area contributed by atoms with Crippen molar-refractivity contribution in [3.05, 3.63) is 65.5 Å². The second-order valence-electron chi connectivity index (χ2n) is 7.65. The molecule has 3 N–H and O–H groups in total. The van der Waals surface area contributed by atoms with Gasteiger partial charge in [0.1, 0.15) is 22.3 Å². The van der Waals surface area contributed by atoms with E-state index in [1.54, 1.807) is 17.0 Å². The van der Waals surface area contributed by atoms with Gasteiger partial charge in [-0.05, 0) is 42.0 Å². The Balaban J connectivity index is 1.37. The normalized spacial score (nSPS) is 14.0. The third-order valence-electron chi connectivity index (χ3n) is 5.55. The number of carbonyl (C=O) groups is 1. The topological polar surface area (TPSA) is 87.4 Å². The number of fused-ring (bicyclic) bond motifs is 1. The minimum absolute atomic E-state index is 0.182. The minimum Gasteiger partial charge on any atom is -0.368 e. The number of aromatic nitrogens is 2. The Morgan fingerprint density at radius 3 is 2.24 bits per heavy atom. The fourth-order valence-corrected chi connectivity index (χ4v) is 4.82. The Morgan fingerprint density at radius 1 is 0.939 bits per heavy atom. The second-order valence-corrected chi connectivity index (χ2v) is 8.51. The van der Waals surface area contributed by atoms with Crippen LogP contribution in [0.1, 0.15) is 0 Å². The van der Waals surface area contributed by atoms with Crippen LogP contribution in [0.15, 0.2) is 53.9 Å². The summed E-state index contributed by atoms with van der Waals surface area (Å²) in [7, 11) is 0. The van der Waals surface area contributed by atoms with E-state index in [1.807, 2.05) is 5.38 Å². The molecule has 2 amide bonds. The maximum absolute atomic E-state index is 13.4. The van der Waals surface area contributed by atoms with Gasteiger partial charge in [0.25, 0.3) is 0 Å². The molecule has 4 aromatic rings. The number of rotatable bonds is 3. The molecule has 5 rings (SSSR count). The summed E-state index contributed by atoms with van der Waals surface area (Å²) >= 11 is 1.46. The summed E-state index contributed by atoms with van der Waals surface area (Å²) in [4.78, 5) is 26.1.